The first kappa shape index (κ1) is 22.6. The van der Waals surface area contributed by atoms with Crippen molar-refractivity contribution in [3.05, 3.63) is 101 Å². The van der Waals surface area contributed by atoms with Gasteiger partial charge in [-0.15, -0.1) is 0 Å². The largest absolute Gasteiger partial charge is 0.327 e. The van der Waals surface area contributed by atoms with Crippen LogP contribution in [0.3, 0.4) is 0 Å². The highest BCUT2D eigenvalue weighted by Gasteiger charge is 2.25. The number of carbonyl (C=O) groups is 2. The van der Waals surface area contributed by atoms with Crippen LogP contribution in [0.1, 0.15) is 51.4 Å². The Kier molecular flexibility index (Phi) is 6.44. The summed E-state index contributed by atoms with van der Waals surface area (Å²) in [4.78, 5) is 30.9. The van der Waals surface area contributed by atoms with Gasteiger partial charge < -0.3 is 15.2 Å². The zero-order valence-corrected chi connectivity index (χ0v) is 19.8. The molecule has 0 aliphatic carbocycles. The van der Waals surface area contributed by atoms with Crippen molar-refractivity contribution in [2.75, 3.05) is 10.6 Å². The number of nitrogens with zero attached hydrogens (tertiary/aromatic N) is 2. The molecule has 2 heterocycles. The van der Waals surface area contributed by atoms with Gasteiger partial charge in [-0.2, -0.15) is 0 Å². The van der Waals surface area contributed by atoms with Crippen molar-refractivity contribution in [2.24, 2.45) is 0 Å². The summed E-state index contributed by atoms with van der Waals surface area (Å²) in [6, 6.07) is 24.6. The Morgan fingerprint density at radius 1 is 0.771 bits per heavy atom. The summed E-state index contributed by atoms with van der Waals surface area (Å²) in [5.41, 5.74) is 5.16. The molecule has 0 fully saturated rings. The Balaban J connectivity index is 1.43. The molecule has 0 unspecified atom stereocenters. The van der Waals surface area contributed by atoms with Gasteiger partial charge in [-0.05, 0) is 56.0 Å². The number of aromatic nitrogens is 2. The SMILES string of the molecule is Cc1c(NC(=O)c2ccccc2)cccc1NC(=O)c1nc(-c2ccccc2)n2c1CCCCC2. The number of fused-ring (bicyclic) bond motifs is 1. The minimum atomic E-state index is -0.229. The van der Waals surface area contributed by atoms with Gasteiger partial charge in [-0.3, -0.25) is 9.59 Å². The van der Waals surface area contributed by atoms with Gasteiger partial charge in [-0.1, -0.05) is 61.0 Å². The molecular formula is C29H28N4O2. The molecule has 176 valence electrons. The predicted octanol–water partition coefficient (Wildman–Crippen LogP) is 6.09. The first-order valence-electron chi connectivity index (χ1n) is 12.0. The van der Waals surface area contributed by atoms with E-state index in [-0.39, 0.29) is 11.8 Å². The molecule has 5 rings (SSSR count). The van der Waals surface area contributed by atoms with Gasteiger partial charge in [0.1, 0.15) is 11.5 Å². The Morgan fingerprint density at radius 2 is 1.43 bits per heavy atom. The molecular weight excluding hydrogens is 436 g/mol. The van der Waals surface area contributed by atoms with Crippen molar-refractivity contribution in [1.29, 1.82) is 0 Å². The fraction of sp³-hybridized carbons (Fsp3) is 0.207. The lowest BCUT2D eigenvalue weighted by Gasteiger charge is -2.14. The van der Waals surface area contributed by atoms with E-state index >= 15 is 0 Å². The summed E-state index contributed by atoms with van der Waals surface area (Å²) >= 11 is 0. The number of hydrogen-bond donors (Lipinski definition) is 2. The van der Waals surface area contributed by atoms with Crippen LogP contribution in [0.15, 0.2) is 78.9 Å². The highest BCUT2D eigenvalue weighted by Crippen LogP contribution is 2.29. The van der Waals surface area contributed by atoms with Crippen LogP contribution in [0.5, 0.6) is 0 Å². The van der Waals surface area contributed by atoms with E-state index in [1.165, 1.54) is 0 Å². The van der Waals surface area contributed by atoms with Crippen LogP contribution in [0.4, 0.5) is 11.4 Å². The monoisotopic (exact) mass is 464 g/mol. The number of amides is 2. The van der Waals surface area contributed by atoms with Crippen LogP contribution in [0.2, 0.25) is 0 Å². The van der Waals surface area contributed by atoms with E-state index in [0.29, 0.717) is 22.6 Å². The van der Waals surface area contributed by atoms with Gasteiger partial charge >= 0.3 is 0 Å². The zero-order valence-electron chi connectivity index (χ0n) is 19.8. The summed E-state index contributed by atoms with van der Waals surface area (Å²) in [5.74, 6) is 0.421. The summed E-state index contributed by atoms with van der Waals surface area (Å²) in [6.45, 7) is 2.75. The van der Waals surface area contributed by atoms with Crippen LogP contribution in [-0.4, -0.2) is 21.4 Å². The lowest BCUT2D eigenvalue weighted by molar-refractivity contribution is 0.101. The topological polar surface area (TPSA) is 76.0 Å². The fourth-order valence-corrected chi connectivity index (χ4v) is 4.58. The Bertz CT molecular complexity index is 1360. The number of nitrogens with one attached hydrogen (secondary N) is 2. The number of anilines is 2. The Morgan fingerprint density at radius 3 is 2.14 bits per heavy atom. The lowest BCUT2D eigenvalue weighted by Crippen LogP contribution is -2.17. The van der Waals surface area contributed by atoms with Crippen LogP contribution < -0.4 is 10.6 Å². The first-order valence-corrected chi connectivity index (χ1v) is 12.0. The number of carbonyl (C=O) groups excluding carboxylic acids is 2. The van der Waals surface area contributed by atoms with Crippen molar-refractivity contribution < 1.29 is 9.59 Å². The normalized spacial score (nSPS) is 12.9. The van der Waals surface area contributed by atoms with Crippen LogP contribution >= 0.6 is 0 Å². The van der Waals surface area contributed by atoms with Crippen LogP contribution in [0, 0.1) is 6.92 Å². The third-order valence-electron chi connectivity index (χ3n) is 6.48. The minimum Gasteiger partial charge on any atom is -0.327 e. The molecule has 6 nitrogen and oxygen atoms in total. The Hall–Kier alpha value is -4.19. The van der Waals surface area contributed by atoms with E-state index < -0.39 is 0 Å². The maximum Gasteiger partial charge on any atom is 0.276 e. The third kappa shape index (κ3) is 4.73. The second-order valence-electron chi connectivity index (χ2n) is 8.81. The van der Waals surface area contributed by atoms with Gasteiger partial charge in [0.25, 0.3) is 11.8 Å². The van der Waals surface area contributed by atoms with E-state index in [0.717, 1.165) is 54.9 Å². The molecule has 0 saturated carbocycles. The van der Waals surface area contributed by atoms with Gasteiger partial charge in [0, 0.05) is 29.0 Å². The molecule has 0 atom stereocenters. The molecule has 1 aliphatic rings. The standard InChI is InChI=1S/C29H28N4O2/c1-20-23(30-28(34)22-14-7-3-8-15-22)16-11-17-24(20)31-29(35)26-25-18-9-4-10-19-33(25)27(32-26)21-12-5-2-6-13-21/h2-3,5-8,11-17H,4,9-10,18-19H2,1H3,(H,30,34)(H,31,35). The van der Waals surface area contributed by atoms with Crippen molar-refractivity contribution in [3.8, 4) is 11.4 Å². The van der Waals surface area contributed by atoms with Crippen LogP contribution in [0.25, 0.3) is 11.4 Å². The second-order valence-corrected chi connectivity index (χ2v) is 8.81. The van der Waals surface area contributed by atoms with Crippen molar-refractivity contribution in [2.45, 2.75) is 39.2 Å². The highest BCUT2D eigenvalue weighted by molar-refractivity contribution is 6.07. The summed E-state index contributed by atoms with van der Waals surface area (Å²) in [6.07, 6.45) is 4.08. The fourth-order valence-electron chi connectivity index (χ4n) is 4.58. The van der Waals surface area contributed by atoms with Gasteiger partial charge in [0.05, 0.1) is 5.69 Å². The number of benzene rings is 3. The van der Waals surface area contributed by atoms with Gasteiger partial charge in [0.2, 0.25) is 0 Å². The average Bonchev–Trinajstić information content (AvgIpc) is 3.08. The van der Waals surface area contributed by atoms with E-state index in [9.17, 15) is 9.59 Å². The Labute approximate surface area is 205 Å². The van der Waals surface area contributed by atoms with Crippen LogP contribution in [-0.2, 0) is 13.0 Å². The molecule has 2 N–H and O–H groups in total. The lowest BCUT2D eigenvalue weighted by atomic mass is 10.1. The molecule has 0 bridgehead atoms. The molecule has 1 aliphatic heterocycles. The van der Waals surface area contributed by atoms with Gasteiger partial charge in [0.15, 0.2) is 0 Å². The molecule has 0 saturated heterocycles. The van der Waals surface area contributed by atoms with E-state index in [2.05, 4.69) is 15.2 Å². The predicted molar refractivity (Wildman–Crippen MR) is 139 cm³/mol. The van der Waals surface area contributed by atoms with Crippen molar-refractivity contribution >= 4 is 23.2 Å². The van der Waals surface area contributed by atoms with Crippen molar-refractivity contribution in [3.63, 3.8) is 0 Å². The number of imidazole rings is 1. The molecule has 0 spiro atoms. The zero-order chi connectivity index (χ0) is 24.2. The quantitative estimate of drug-likeness (QED) is 0.375. The molecule has 1 aromatic heterocycles. The highest BCUT2D eigenvalue weighted by atomic mass is 16.2. The minimum absolute atomic E-state index is 0.191. The number of rotatable bonds is 5. The second kappa shape index (κ2) is 9.97. The smallest absolute Gasteiger partial charge is 0.276 e. The molecule has 3 aromatic carbocycles. The maximum absolute atomic E-state index is 13.5. The van der Waals surface area contributed by atoms with E-state index in [1.54, 1.807) is 12.1 Å². The first-order chi connectivity index (χ1) is 17.1. The van der Waals surface area contributed by atoms with Crippen molar-refractivity contribution in [1.82, 2.24) is 9.55 Å². The van der Waals surface area contributed by atoms with E-state index in [4.69, 9.17) is 4.98 Å². The summed E-state index contributed by atoms with van der Waals surface area (Å²) < 4.78 is 2.21. The maximum atomic E-state index is 13.5. The molecule has 6 heteroatoms. The van der Waals surface area contributed by atoms with Gasteiger partial charge in [-0.25, -0.2) is 4.98 Å². The summed E-state index contributed by atoms with van der Waals surface area (Å²) in [5, 5.41) is 6.00. The average molecular weight is 465 g/mol. The molecule has 2 amide bonds. The molecule has 35 heavy (non-hydrogen) atoms. The van der Waals surface area contributed by atoms with E-state index in [1.807, 2.05) is 73.7 Å². The number of hydrogen-bond acceptors (Lipinski definition) is 3. The molecule has 4 aromatic rings. The third-order valence-corrected chi connectivity index (χ3v) is 6.48. The molecule has 0 radical (unpaired) electrons. The summed E-state index contributed by atoms with van der Waals surface area (Å²) in [7, 11) is 0.